The first-order valence-electron chi connectivity index (χ1n) is 6.11. The largest absolute Gasteiger partial charge is 0.488 e. The Hall–Kier alpha value is -1.78. The van der Waals surface area contributed by atoms with E-state index in [1.807, 2.05) is 0 Å². The molecule has 0 amide bonds. The molecular weight excluding hydrogens is 234 g/mol. The van der Waals surface area contributed by atoms with Gasteiger partial charge in [-0.3, -0.25) is 9.36 Å². The molecule has 0 bridgehead atoms. The van der Waals surface area contributed by atoms with Gasteiger partial charge in [-0.15, -0.1) is 0 Å². The molecule has 0 aliphatic heterocycles. The molecule has 0 atom stereocenters. The molecule has 0 aliphatic carbocycles. The second-order valence-corrected chi connectivity index (χ2v) is 4.02. The zero-order valence-electron chi connectivity index (χ0n) is 11.0. The van der Waals surface area contributed by atoms with Gasteiger partial charge in [-0.05, 0) is 31.9 Å². The van der Waals surface area contributed by atoms with E-state index >= 15 is 0 Å². The number of carboxylic acid groups (broad SMARTS) is 1. The Balaban J connectivity index is 3.43. The Bertz CT molecular complexity index is 474. The van der Waals surface area contributed by atoms with Crippen molar-refractivity contribution in [1.82, 2.24) is 4.57 Å². The van der Waals surface area contributed by atoms with Crippen LogP contribution in [-0.4, -0.2) is 22.2 Å². The maximum absolute atomic E-state index is 12.2. The summed E-state index contributed by atoms with van der Waals surface area (Å²) in [6.45, 7) is 5.67. The number of rotatable bonds is 6. The molecule has 1 aromatic rings. The van der Waals surface area contributed by atoms with Gasteiger partial charge in [-0.25, -0.2) is 4.79 Å². The standard InChI is InChI=1S/C13H19NO4/c1-4-13(5-2,12(16)17)14-9-7-8-10(11(14)15)18-6-3/h7-9H,4-6H2,1-3H3,(H,16,17). The summed E-state index contributed by atoms with van der Waals surface area (Å²) in [7, 11) is 0. The smallest absolute Gasteiger partial charge is 0.329 e. The SMILES string of the molecule is CCOc1cccn(C(CC)(CC)C(=O)O)c1=O. The third kappa shape index (κ3) is 2.25. The number of carbonyl (C=O) groups is 1. The molecule has 100 valence electrons. The van der Waals surface area contributed by atoms with E-state index in [2.05, 4.69) is 0 Å². The molecule has 0 saturated heterocycles. The van der Waals surface area contributed by atoms with E-state index in [0.717, 1.165) is 0 Å². The Morgan fingerprint density at radius 2 is 2.00 bits per heavy atom. The number of nitrogens with zero attached hydrogens (tertiary/aromatic N) is 1. The highest BCUT2D eigenvalue weighted by Gasteiger charge is 2.37. The van der Waals surface area contributed by atoms with Gasteiger partial charge in [0, 0.05) is 6.20 Å². The molecule has 1 aromatic heterocycles. The topological polar surface area (TPSA) is 68.5 Å². The van der Waals surface area contributed by atoms with Crippen LogP contribution in [0.2, 0.25) is 0 Å². The summed E-state index contributed by atoms with van der Waals surface area (Å²) in [4.78, 5) is 23.7. The first-order valence-corrected chi connectivity index (χ1v) is 6.11. The highest BCUT2D eigenvalue weighted by atomic mass is 16.5. The van der Waals surface area contributed by atoms with E-state index in [1.54, 1.807) is 32.9 Å². The van der Waals surface area contributed by atoms with Gasteiger partial charge in [0.25, 0.3) is 5.56 Å². The van der Waals surface area contributed by atoms with E-state index < -0.39 is 17.1 Å². The molecule has 0 aromatic carbocycles. The summed E-state index contributed by atoms with van der Waals surface area (Å²) in [6.07, 6.45) is 2.19. The predicted molar refractivity (Wildman–Crippen MR) is 68.1 cm³/mol. The van der Waals surface area contributed by atoms with Gasteiger partial charge < -0.3 is 9.84 Å². The van der Waals surface area contributed by atoms with Gasteiger partial charge in [0.2, 0.25) is 0 Å². The summed E-state index contributed by atoms with van der Waals surface area (Å²) in [5, 5.41) is 9.42. The molecule has 0 fully saturated rings. The van der Waals surface area contributed by atoms with Crippen molar-refractivity contribution in [2.75, 3.05) is 6.61 Å². The van der Waals surface area contributed by atoms with Crippen molar-refractivity contribution in [3.8, 4) is 5.75 Å². The van der Waals surface area contributed by atoms with Crippen LogP contribution in [-0.2, 0) is 10.3 Å². The fourth-order valence-corrected chi connectivity index (χ4v) is 2.07. The van der Waals surface area contributed by atoms with E-state index in [0.29, 0.717) is 19.4 Å². The van der Waals surface area contributed by atoms with Gasteiger partial charge >= 0.3 is 5.97 Å². The van der Waals surface area contributed by atoms with Gasteiger partial charge in [-0.1, -0.05) is 13.8 Å². The Morgan fingerprint density at radius 3 is 2.44 bits per heavy atom. The monoisotopic (exact) mass is 253 g/mol. The molecule has 5 heteroatoms. The quantitative estimate of drug-likeness (QED) is 0.840. The van der Waals surface area contributed by atoms with Gasteiger partial charge in [-0.2, -0.15) is 0 Å². The summed E-state index contributed by atoms with van der Waals surface area (Å²) >= 11 is 0. The average Bonchev–Trinajstić information content (AvgIpc) is 2.35. The van der Waals surface area contributed by atoms with Gasteiger partial charge in [0.1, 0.15) is 5.54 Å². The van der Waals surface area contributed by atoms with Crippen LogP contribution in [0.1, 0.15) is 33.6 Å². The number of ether oxygens (including phenoxy) is 1. The van der Waals surface area contributed by atoms with Crippen LogP contribution in [0.15, 0.2) is 23.1 Å². The van der Waals surface area contributed by atoms with Crippen LogP contribution in [0, 0.1) is 0 Å². The van der Waals surface area contributed by atoms with Crippen molar-refractivity contribution in [3.05, 3.63) is 28.7 Å². The minimum absolute atomic E-state index is 0.188. The third-order valence-corrected chi connectivity index (χ3v) is 3.24. The number of aromatic nitrogens is 1. The molecule has 5 nitrogen and oxygen atoms in total. The Morgan fingerprint density at radius 1 is 1.39 bits per heavy atom. The lowest BCUT2D eigenvalue weighted by Crippen LogP contribution is -2.46. The number of aliphatic carboxylic acids is 1. The van der Waals surface area contributed by atoms with Gasteiger partial charge in [0.05, 0.1) is 6.61 Å². The maximum atomic E-state index is 12.2. The summed E-state index contributed by atoms with van der Waals surface area (Å²) in [6, 6.07) is 3.19. The number of hydrogen-bond acceptors (Lipinski definition) is 3. The van der Waals surface area contributed by atoms with Gasteiger partial charge in [0.15, 0.2) is 5.75 Å². The normalized spacial score (nSPS) is 11.3. The van der Waals surface area contributed by atoms with Crippen molar-refractivity contribution in [3.63, 3.8) is 0 Å². The summed E-state index contributed by atoms with van der Waals surface area (Å²) in [5.74, 6) is -0.809. The van der Waals surface area contributed by atoms with Crippen molar-refractivity contribution in [2.24, 2.45) is 0 Å². The average molecular weight is 253 g/mol. The molecular formula is C13H19NO4. The minimum atomic E-state index is -1.20. The zero-order valence-corrected chi connectivity index (χ0v) is 11.0. The second-order valence-electron chi connectivity index (χ2n) is 4.02. The molecule has 0 radical (unpaired) electrons. The van der Waals surface area contributed by atoms with E-state index in [4.69, 9.17) is 4.74 Å². The number of pyridine rings is 1. The second kappa shape index (κ2) is 5.71. The van der Waals surface area contributed by atoms with E-state index in [9.17, 15) is 14.7 Å². The predicted octanol–water partition coefficient (Wildman–Crippen LogP) is 1.85. The first kappa shape index (κ1) is 14.3. The van der Waals surface area contributed by atoms with Crippen LogP contribution >= 0.6 is 0 Å². The van der Waals surface area contributed by atoms with Crippen LogP contribution in [0.3, 0.4) is 0 Å². The summed E-state index contributed by atoms with van der Waals surface area (Å²) < 4.78 is 6.48. The van der Waals surface area contributed by atoms with E-state index in [1.165, 1.54) is 10.8 Å². The Kier molecular flexibility index (Phi) is 4.53. The fourth-order valence-electron chi connectivity index (χ4n) is 2.07. The van der Waals surface area contributed by atoms with Crippen LogP contribution in [0.4, 0.5) is 0 Å². The van der Waals surface area contributed by atoms with Crippen molar-refractivity contribution < 1.29 is 14.6 Å². The third-order valence-electron chi connectivity index (χ3n) is 3.24. The molecule has 1 N–H and O–H groups in total. The zero-order chi connectivity index (χ0) is 13.8. The van der Waals surface area contributed by atoms with Crippen molar-refractivity contribution in [1.29, 1.82) is 0 Å². The molecule has 18 heavy (non-hydrogen) atoms. The molecule has 0 unspecified atom stereocenters. The van der Waals surface area contributed by atoms with Crippen molar-refractivity contribution >= 4 is 5.97 Å². The minimum Gasteiger partial charge on any atom is -0.488 e. The van der Waals surface area contributed by atoms with Crippen LogP contribution < -0.4 is 10.3 Å². The van der Waals surface area contributed by atoms with E-state index in [-0.39, 0.29) is 5.75 Å². The lowest BCUT2D eigenvalue weighted by molar-refractivity contribution is -0.148. The molecule has 0 saturated carbocycles. The van der Waals surface area contributed by atoms with Crippen LogP contribution in [0.5, 0.6) is 5.75 Å². The highest BCUT2D eigenvalue weighted by molar-refractivity contribution is 5.76. The maximum Gasteiger partial charge on any atom is 0.329 e. The fraction of sp³-hybridized carbons (Fsp3) is 0.538. The summed E-state index contributed by atoms with van der Waals surface area (Å²) in [5.41, 5.74) is -1.60. The lowest BCUT2D eigenvalue weighted by atomic mass is 9.92. The molecule has 0 spiro atoms. The van der Waals surface area contributed by atoms with Crippen molar-refractivity contribution in [2.45, 2.75) is 39.2 Å². The first-order chi connectivity index (χ1) is 8.53. The molecule has 1 rings (SSSR count). The molecule has 1 heterocycles. The Labute approximate surface area is 106 Å². The number of carboxylic acids is 1. The number of hydrogen-bond donors (Lipinski definition) is 1. The molecule has 0 aliphatic rings. The highest BCUT2D eigenvalue weighted by Crippen LogP contribution is 2.24. The van der Waals surface area contributed by atoms with Crippen LogP contribution in [0.25, 0.3) is 0 Å². The lowest BCUT2D eigenvalue weighted by Gasteiger charge is -2.29.